The van der Waals surface area contributed by atoms with Crippen molar-refractivity contribution >= 4 is 18.0 Å². The molecule has 1 aliphatic carbocycles. The second-order valence-electron chi connectivity index (χ2n) is 8.89. The molecule has 0 heterocycles. The summed E-state index contributed by atoms with van der Waals surface area (Å²) < 4.78 is 5.55. The van der Waals surface area contributed by atoms with Crippen LogP contribution in [0.2, 0.25) is 0 Å². The molecule has 0 aromatic heterocycles. The van der Waals surface area contributed by atoms with Gasteiger partial charge in [-0.1, -0.05) is 62.4 Å². The van der Waals surface area contributed by atoms with E-state index in [9.17, 15) is 14.4 Å². The summed E-state index contributed by atoms with van der Waals surface area (Å²) in [5, 5.41) is 23.3. The quantitative estimate of drug-likeness (QED) is 0.402. The predicted octanol–water partition coefficient (Wildman–Crippen LogP) is 3.14. The molecular weight excluding hydrogens is 436 g/mol. The van der Waals surface area contributed by atoms with E-state index in [1.165, 1.54) is 0 Å². The van der Waals surface area contributed by atoms with Crippen LogP contribution in [0.15, 0.2) is 48.5 Å². The molecule has 0 aliphatic heterocycles. The van der Waals surface area contributed by atoms with E-state index in [1.807, 2.05) is 38.1 Å². The molecule has 0 radical (unpaired) electrons. The standard InChI is InChI=1S/C26H32N2O6/c1-16(2)17(13-24(30)28-23(11-12-29)25(31)32)14-27-26(33)34-15-22-20-9-5-3-7-18(20)19-8-4-6-10-21(19)22/h3-10,16-17,22-23,29H,11-15H2,1-2H3,(H,27,33)(H,28,30)(H,31,32)/t17?,23-/m1/s1. The number of nitrogens with one attached hydrogen (secondary N) is 2. The van der Waals surface area contributed by atoms with Gasteiger partial charge in [0.2, 0.25) is 5.91 Å². The number of carbonyl (C=O) groups excluding carboxylic acids is 2. The van der Waals surface area contributed by atoms with E-state index in [2.05, 4.69) is 34.9 Å². The molecule has 2 aromatic carbocycles. The van der Waals surface area contributed by atoms with Gasteiger partial charge in [0, 0.05) is 31.9 Å². The van der Waals surface area contributed by atoms with Crippen LogP contribution in [0.1, 0.15) is 43.7 Å². The van der Waals surface area contributed by atoms with E-state index in [0.29, 0.717) is 0 Å². The van der Waals surface area contributed by atoms with Crippen molar-refractivity contribution in [2.45, 2.75) is 38.6 Å². The molecule has 2 amide bonds. The lowest BCUT2D eigenvalue weighted by Crippen LogP contribution is -2.43. The molecule has 4 N–H and O–H groups in total. The highest BCUT2D eigenvalue weighted by Crippen LogP contribution is 2.44. The molecule has 3 rings (SSSR count). The Balaban J connectivity index is 1.53. The molecule has 8 heteroatoms. The van der Waals surface area contributed by atoms with Gasteiger partial charge in [0.1, 0.15) is 12.6 Å². The van der Waals surface area contributed by atoms with Gasteiger partial charge in [-0.3, -0.25) is 4.79 Å². The maximum atomic E-state index is 12.4. The van der Waals surface area contributed by atoms with E-state index < -0.39 is 24.0 Å². The Morgan fingerprint density at radius 3 is 2.12 bits per heavy atom. The van der Waals surface area contributed by atoms with Gasteiger partial charge in [-0.05, 0) is 34.1 Å². The van der Waals surface area contributed by atoms with Gasteiger partial charge in [0.05, 0.1) is 0 Å². The zero-order valence-electron chi connectivity index (χ0n) is 19.5. The largest absolute Gasteiger partial charge is 0.480 e. The Bertz CT molecular complexity index is 976. The Morgan fingerprint density at radius 2 is 1.59 bits per heavy atom. The fraction of sp³-hybridized carbons (Fsp3) is 0.423. The molecule has 182 valence electrons. The molecule has 34 heavy (non-hydrogen) atoms. The topological polar surface area (TPSA) is 125 Å². The van der Waals surface area contributed by atoms with Crippen LogP contribution in [0.5, 0.6) is 0 Å². The van der Waals surface area contributed by atoms with Gasteiger partial charge in [-0.25, -0.2) is 9.59 Å². The van der Waals surface area contributed by atoms with E-state index in [1.54, 1.807) is 0 Å². The van der Waals surface area contributed by atoms with Crippen LogP contribution in [0.3, 0.4) is 0 Å². The lowest BCUT2D eigenvalue weighted by molar-refractivity contribution is -0.142. The minimum Gasteiger partial charge on any atom is -0.480 e. The van der Waals surface area contributed by atoms with E-state index in [0.717, 1.165) is 22.3 Å². The van der Waals surface area contributed by atoms with Gasteiger partial charge in [0.15, 0.2) is 0 Å². The third kappa shape index (κ3) is 6.14. The number of aliphatic carboxylic acids is 1. The van der Waals surface area contributed by atoms with Crippen molar-refractivity contribution in [3.05, 3.63) is 59.7 Å². The normalized spacial score (nSPS) is 14.1. The molecule has 1 unspecified atom stereocenters. The van der Waals surface area contributed by atoms with Crippen LogP contribution in [0.25, 0.3) is 11.1 Å². The van der Waals surface area contributed by atoms with Crippen molar-refractivity contribution in [1.82, 2.24) is 10.6 Å². The molecule has 0 saturated carbocycles. The number of aliphatic hydroxyl groups is 1. The molecule has 0 bridgehead atoms. The summed E-state index contributed by atoms with van der Waals surface area (Å²) in [5.74, 6) is -1.80. The Morgan fingerprint density at radius 1 is 1.00 bits per heavy atom. The molecular formula is C26H32N2O6. The fourth-order valence-corrected chi connectivity index (χ4v) is 4.29. The van der Waals surface area contributed by atoms with Gasteiger partial charge >= 0.3 is 12.1 Å². The Kier molecular flexibility index (Phi) is 8.65. The summed E-state index contributed by atoms with van der Waals surface area (Å²) in [6.45, 7) is 3.95. The summed E-state index contributed by atoms with van der Waals surface area (Å²) in [6, 6.07) is 15.1. The van der Waals surface area contributed by atoms with Crippen LogP contribution in [0, 0.1) is 11.8 Å². The van der Waals surface area contributed by atoms with Gasteiger partial charge < -0.3 is 25.6 Å². The lowest BCUT2D eigenvalue weighted by Gasteiger charge is -2.22. The highest BCUT2D eigenvalue weighted by atomic mass is 16.5. The van der Waals surface area contributed by atoms with Crippen molar-refractivity contribution < 1.29 is 29.3 Å². The molecule has 0 spiro atoms. The van der Waals surface area contributed by atoms with Crippen molar-refractivity contribution in [1.29, 1.82) is 0 Å². The predicted molar refractivity (Wildman–Crippen MR) is 127 cm³/mol. The summed E-state index contributed by atoms with van der Waals surface area (Å²) in [4.78, 5) is 36.0. The van der Waals surface area contributed by atoms with Crippen LogP contribution in [0.4, 0.5) is 4.79 Å². The number of hydrogen-bond donors (Lipinski definition) is 4. The van der Waals surface area contributed by atoms with Crippen LogP contribution in [-0.4, -0.2) is 54.0 Å². The number of carboxylic acid groups (broad SMARTS) is 1. The molecule has 8 nitrogen and oxygen atoms in total. The third-order valence-electron chi connectivity index (χ3n) is 6.29. The van der Waals surface area contributed by atoms with Crippen LogP contribution in [-0.2, 0) is 14.3 Å². The minimum absolute atomic E-state index is 0.0377. The SMILES string of the molecule is CC(C)C(CNC(=O)OCC1c2ccccc2-c2ccccc21)CC(=O)N[C@H](CCO)C(=O)O. The maximum absolute atomic E-state index is 12.4. The number of carbonyl (C=O) groups is 3. The molecule has 2 aromatic rings. The van der Waals surface area contributed by atoms with Crippen LogP contribution < -0.4 is 10.6 Å². The third-order valence-corrected chi connectivity index (χ3v) is 6.29. The monoisotopic (exact) mass is 468 g/mol. The number of alkyl carbamates (subject to hydrolysis) is 1. The fourth-order valence-electron chi connectivity index (χ4n) is 4.29. The number of aliphatic hydroxyl groups excluding tert-OH is 1. The zero-order valence-corrected chi connectivity index (χ0v) is 19.5. The van der Waals surface area contributed by atoms with Crippen molar-refractivity contribution in [2.75, 3.05) is 19.8 Å². The summed E-state index contributed by atoms with van der Waals surface area (Å²) >= 11 is 0. The first-order valence-electron chi connectivity index (χ1n) is 11.5. The number of amides is 2. The summed E-state index contributed by atoms with van der Waals surface area (Å²) in [5.41, 5.74) is 4.56. The number of ether oxygens (including phenoxy) is 1. The smallest absolute Gasteiger partial charge is 0.407 e. The second kappa shape index (κ2) is 11.7. The number of hydrogen-bond acceptors (Lipinski definition) is 5. The Labute approximate surface area is 199 Å². The number of benzene rings is 2. The highest BCUT2D eigenvalue weighted by molar-refractivity contribution is 5.83. The highest BCUT2D eigenvalue weighted by Gasteiger charge is 2.29. The van der Waals surface area contributed by atoms with Crippen molar-refractivity contribution in [2.24, 2.45) is 11.8 Å². The number of fused-ring (bicyclic) bond motifs is 3. The average molecular weight is 469 g/mol. The first-order chi connectivity index (χ1) is 16.3. The van der Waals surface area contributed by atoms with E-state index >= 15 is 0 Å². The Hall–Kier alpha value is -3.39. The molecule has 1 aliphatic rings. The second-order valence-corrected chi connectivity index (χ2v) is 8.89. The molecule has 0 saturated heterocycles. The van der Waals surface area contributed by atoms with E-state index in [-0.39, 0.29) is 50.4 Å². The van der Waals surface area contributed by atoms with E-state index in [4.69, 9.17) is 14.9 Å². The first kappa shape index (κ1) is 25.2. The molecule has 0 fully saturated rings. The zero-order chi connectivity index (χ0) is 24.7. The minimum atomic E-state index is -1.19. The lowest BCUT2D eigenvalue weighted by atomic mass is 9.92. The average Bonchev–Trinajstić information content (AvgIpc) is 3.13. The van der Waals surface area contributed by atoms with Gasteiger partial charge in [0.25, 0.3) is 0 Å². The molecule has 2 atom stereocenters. The summed E-state index contributed by atoms with van der Waals surface area (Å²) in [6.07, 6.45) is -0.571. The number of rotatable bonds is 11. The summed E-state index contributed by atoms with van der Waals surface area (Å²) in [7, 11) is 0. The van der Waals surface area contributed by atoms with Gasteiger partial charge in [-0.15, -0.1) is 0 Å². The first-order valence-corrected chi connectivity index (χ1v) is 11.5. The van der Waals surface area contributed by atoms with Crippen molar-refractivity contribution in [3.63, 3.8) is 0 Å². The number of carboxylic acids is 1. The maximum Gasteiger partial charge on any atom is 0.407 e. The van der Waals surface area contributed by atoms with Crippen LogP contribution >= 0.6 is 0 Å². The van der Waals surface area contributed by atoms with Gasteiger partial charge in [-0.2, -0.15) is 0 Å². The van der Waals surface area contributed by atoms with Crippen molar-refractivity contribution in [3.8, 4) is 11.1 Å².